The quantitative estimate of drug-likeness (QED) is 0.636. The van der Waals surface area contributed by atoms with Gasteiger partial charge in [0.25, 0.3) is 0 Å². The number of rotatable bonds is 6. The third-order valence-electron chi connectivity index (χ3n) is 5.30. The van der Waals surface area contributed by atoms with Gasteiger partial charge in [0.15, 0.2) is 5.82 Å². The number of methoxy groups -OCH3 is 1. The number of aromatic nitrogens is 2. The molecule has 1 aliphatic heterocycles. The molecular weight excluding hydrogens is 371 g/mol. The predicted octanol–water partition coefficient (Wildman–Crippen LogP) is 3.52. The van der Waals surface area contributed by atoms with E-state index in [9.17, 15) is 4.39 Å². The maximum absolute atomic E-state index is 13.3. The lowest BCUT2D eigenvalue weighted by Gasteiger charge is -2.40. The number of hydrogen-bond donors (Lipinski definition) is 0. The highest BCUT2D eigenvalue weighted by atomic mass is 19.1. The van der Waals surface area contributed by atoms with Gasteiger partial charge in [0.2, 0.25) is 5.89 Å². The van der Waals surface area contributed by atoms with Crippen LogP contribution in [0.15, 0.2) is 53.1 Å². The Labute approximate surface area is 169 Å². The van der Waals surface area contributed by atoms with Crippen molar-refractivity contribution < 1.29 is 13.7 Å². The molecule has 1 aromatic heterocycles. The SMILES string of the molecule is COc1ccc(N2CCN(Cc3nc(Cc4cccc(F)c4)no3)[C@@H](C)C2)cc1. The molecule has 1 saturated heterocycles. The number of halogens is 1. The fourth-order valence-corrected chi connectivity index (χ4v) is 3.69. The van der Waals surface area contributed by atoms with Crippen molar-refractivity contribution in [3.63, 3.8) is 0 Å². The summed E-state index contributed by atoms with van der Waals surface area (Å²) >= 11 is 0. The van der Waals surface area contributed by atoms with Gasteiger partial charge >= 0.3 is 0 Å². The van der Waals surface area contributed by atoms with Gasteiger partial charge in [-0.1, -0.05) is 17.3 Å². The Morgan fingerprint density at radius 3 is 2.72 bits per heavy atom. The zero-order chi connectivity index (χ0) is 20.2. The number of anilines is 1. The van der Waals surface area contributed by atoms with Gasteiger partial charge in [0.1, 0.15) is 11.6 Å². The number of piperazine rings is 1. The third-order valence-corrected chi connectivity index (χ3v) is 5.30. The molecule has 2 aromatic carbocycles. The molecule has 3 aromatic rings. The van der Waals surface area contributed by atoms with Gasteiger partial charge in [-0.25, -0.2) is 4.39 Å². The van der Waals surface area contributed by atoms with Crippen molar-refractivity contribution in [3.8, 4) is 5.75 Å². The second-order valence-corrected chi connectivity index (χ2v) is 7.37. The minimum atomic E-state index is -0.255. The van der Waals surface area contributed by atoms with Crippen LogP contribution in [0, 0.1) is 5.82 Å². The predicted molar refractivity (Wildman–Crippen MR) is 109 cm³/mol. The van der Waals surface area contributed by atoms with Gasteiger partial charge < -0.3 is 14.2 Å². The number of nitrogens with zero attached hydrogens (tertiary/aromatic N) is 4. The van der Waals surface area contributed by atoms with Crippen molar-refractivity contribution in [2.24, 2.45) is 0 Å². The van der Waals surface area contributed by atoms with Crippen molar-refractivity contribution in [1.29, 1.82) is 0 Å². The summed E-state index contributed by atoms with van der Waals surface area (Å²) in [5.74, 6) is 1.79. The normalized spacial score (nSPS) is 17.5. The molecule has 152 valence electrons. The van der Waals surface area contributed by atoms with E-state index in [1.807, 2.05) is 18.2 Å². The molecule has 6 nitrogen and oxygen atoms in total. The highest BCUT2D eigenvalue weighted by Gasteiger charge is 2.25. The van der Waals surface area contributed by atoms with Crippen molar-refractivity contribution >= 4 is 5.69 Å². The summed E-state index contributed by atoms with van der Waals surface area (Å²) in [5.41, 5.74) is 2.03. The van der Waals surface area contributed by atoms with E-state index in [1.54, 1.807) is 13.2 Å². The van der Waals surface area contributed by atoms with Crippen LogP contribution in [0.25, 0.3) is 0 Å². The maximum atomic E-state index is 13.3. The molecule has 7 heteroatoms. The molecule has 1 fully saturated rings. The molecule has 0 spiro atoms. The minimum absolute atomic E-state index is 0.255. The van der Waals surface area contributed by atoms with Gasteiger partial charge in [-0.05, 0) is 48.9 Å². The van der Waals surface area contributed by atoms with Crippen LogP contribution in [0.5, 0.6) is 5.75 Å². The Kier molecular flexibility index (Phi) is 5.76. The summed E-state index contributed by atoms with van der Waals surface area (Å²) in [6, 6.07) is 15.0. The fourth-order valence-electron chi connectivity index (χ4n) is 3.69. The van der Waals surface area contributed by atoms with E-state index in [1.165, 1.54) is 17.8 Å². The summed E-state index contributed by atoms with van der Waals surface area (Å²) in [6.07, 6.45) is 0.460. The number of benzene rings is 2. The van der Waals surface area contributed by atoms with Crippen LogP contribution >= 0.6 is 0 Å². The first-order valence-corrected chi connectivity index (χ1v) is 9.79. The molecule has 4 rings (SSSR count). The summed E-state index contributed by atoms with van der Waals surface area (Å²) in [4.78, 5) is 9.22. The van der Waals surface area contributed by atoms with Gasteiger partial charge in [-0.15, -0.1) is 0 Å². The van der Waals surface area contributed by atoms with Crippen molar-refractivity contribution in [2.75, 3.05) is 31.6 Å². The van der Waals surface area contributed by atoms with Gasteiger partial charge in [-0.2, -0.15) is 4.98 Å². The highest BCUT2D eigenvalue weighted by molar-refractivity contribution is 5.49. The molecule has 0 bridgehead atoms. The van der Waals surface area contributed by atoms with Crippen molar-refractivity contribution in [2.45, 2.75) is 25.9 Å². The Hall–Kier alpha value is -2.93. The van der Waals surface area contributed by atoms with Gasteiger partial charge in [0, 0.05) is 37.8 Å². The smallest absolute Gasteiger partial charge is 0.240 e. The van der Waals surface area contributed by atoms with Crippen LogP contribution in [0.3, 0.4) is 0 Å². The Bertz CT molecular complexity index is 944. The fraction of sp³-hybridized carbons (Fsp3) is 0.364. The van der Waals surface area contributed by atoms with Crippen LogP contribution in [0.2, 0.25) is 0 Å². The summed E-state index contributed by atoms with van der Waals surface area (Å²) < 4.78 is 24.0. The molecule has 1 atom stereocenters. The average molecular weight is 396 g/mol. The topological polar surface area (TPSA) is 54.6 Å². The lowest BCUT2D eigenvalue weighted by Crippen LogP contribution is -2.51. The summed E-state index contributed by atoms with van der Waals surface area (Å²) in [5, 5.41) is 4.05. The molecule has 0 radical (unpaired) electrons. The summed E-state index contributed by atoms with van der Waals surface area (Å²) in [6.45, 7) is 5.60. The molecule has 0 amide bonds. The Balaban J connectivity index is 1.34. The first-order chi connectivity index (χ1) is 14.1. The number of ether oxygens (including phenoxy) is 1. The van der Waals surface area contributed by atoms with Gasteiger partial charge in [-0.3, -0.25) is 4.90 Å². The van der Waals surface area contributed by atoms with Crippen LogP contribution in [-0.2, 0) is 13.0 Å². The van der Waals surface area contributed by atoms with Crippen LogP contribution < -0.4 is 9.64 Å². The second-order valence-electron chi connectivity index (χ2n) is 7.37. The molecule has 1 aliphatic rings. The first kappa shape index (κ1) is 19.4. The number of hydrogen-bond acceptors (Lipinski definition) is 6. The van der Waals surface area contributed by atoms with E-state index in [0.29, 0.717) is 30.7 Å². The van der Waals surface area contributed by atoms with Crippen LogP contribution in [-0.4, -0.2) is 47.8 Å². The van der Waals surface area contributed by atoms with E-state index in [-0.39, 0.29) is 5.82 Å². The Morgan fingerprint density at radius 1 is 1.17 bits per heavy atom. The molecular formula is C22H25FN4O2. The standard InChI is InChI=1S/C22H25FN4O2/c1-16-14-27(19-6-8-20(28-2)9-7-19)11-10-26(16)15-22-24-21(25-29-22)13-17-4-3-5-18(23)12-17/h3-9,12,16H,10-11,13-15H2,1-2H3/t16-/m0/s1. The lowest BCUT2D eigenvalue weighted by atomic mass is 10.1. The van der Waals surface area contributed by atoms with E-state index in [2.05, 4.69) is 39.0 Å². The van der Waals surface area contributed by atoms with E-state index in [4.69, 9.17) is 9.26 Å². The largest absolute Gasteiger partial charge is 0.497 e. The molecule has 0 saturated carbocycles. The van der Waals surface area contributed by atoms with E-state index >= 15 is 0 Å². The van der Waals surface area contributed by atoms with E-state index < -0.39 is 0 Å². The summed E-state index contributed by atoms with van der Waals surface area (Å²) in [7, 11) is 1.68. The van der Waals surface area contributed by atoms with Crippen molar-refractivity contribution in [3.05, 3.63) is 71.6 Å². The minimum Gasteiger partial charge on any atom is -0.497 e. The Morgan fingerprint density at radius 2 is 2.00 bits per heavy atom. The molecule has 0 unspecified atom stereocenters. The zero-order valence-corrected chi connectivity index (χ0v) is 16.7. The molecule has 0 aliphatic carbocycles. The van der Waals surface area contributed by atoms with Gasteiger partial charge in [0.05, 0.1) is 13.7 Å². The third kappa shape index (κ3) is 4.74. The van der Waals surface area contributed by atoms with Crippen LogP contribution in [0.4, 0.5) is 10.1 Å². The van der Waals surface area contributed by atoms with Crippen molar-refractivity contribution in [1.82, 2.24) is 15.0 Å². The second kappa shape index (κ2) is 8.61. The maximum Gasteiger partial charge on any atom is 0.240 e. The van der Waals surface area contributed by atoms with E-state index in [0.717, 1.165) is 30.9 Å². The highest BCUT2D eigenvalue weighted by Crippen LogP contribution is 2.23. The first-order valence-electron chi connectivity index (χ1n) is 9.79. The average Bonchev–Trinajstić information content (AvgIpc) is 3.16. The monoisotopic (exact) mass is 396 g/mol. The van der Waals surface area contributed by atoms with Crippen LogP contribution in [0.1, 0.15) is 24.2 Å². The lowest BCUT2D eigenvalue weighted by molar-refractivity contribution is 0.159. The zero-order valence-electron chi connectivity index (χ0n) is 16.7. The molecule has 29 heavy (non-hydrogen) atoms. The molecule has 2 heterocycles. The molecule has 0 N–H and O–H groups in total.